The van der Waals surface area contributed by atoms with E-state index in [-0.39, 0.29) is 17.7 Å². The molecule has 1 heterocycles. The monoisotopic (exact) mass is 397 g/mol. The van der Waals surface area contributed by atoms with Crippen molar-refractivity contribution in [2.45, 2.75) is 32.2 Å². The Labute approximate surface area is 160 Å². The lowest BCUT2D eigenvalue weighted by atomic mass is 9.95. The number of hydrogen-bond acceptors (Lipinski definition) is 5. The molecule has 0 spiro atoms. The number of rotatable bonds is 7. The van der Waals surface area contributed by atoms with Gasteiger partial charge >= 0.3 is 0 Å². The standard InChI is InChI=1S/C18H27N3O5S/c1-4-16(18(23)20-10-8-13(9-11-20)17(19)22)21(27(3,24)25)14-6-5-7-15(12-14)26-2/h5-7,12-13,16H,4,8-11H2,1-3H3,(H2,19,22). The number of benzene rings is 1. The van der Waals surface area contributed by atoms with Crippen LogP contribution in [-0.2, 0) is 19.6 Å². The zero-order valence-corrected chi connectivity index (χ0v) is 16.7. The molecule has 1 aromatic rings. The van der Waals surface area contributed by atoms with Gasteiger partial charge in [-0.2, -0.15) is 0 Å². The molecule has 0 saturated carbocycles. The molecule has 1 atom stereocenters. The van der Waals surface area contributed by atoms with Crippen LogP contribution in [0.2, 0.25) is 0 Å². The highest BCUT2D eigenvalue weighted by molar-refractivity contribution is 7.92. The molecule has 1 aliphatic heterocycles. The first kappa shape index (κ1) is 21.0. The fourth-order valence-electron chi connectivity index (χ4n) is 3.39. The van der Waals surface area contributed by atoms with Crippen molar-refractivity contribution in [2.24, 2.45) is 11.7 Å². The highest BCUT2D eigenvalue weighted by Crippen LogP contribution is 2.28. The summed E-state index contributed by atoms with van der Waals surface area (Å²) in [5.41, 5.74) is 5.72. The molecular weight excluding hydrogens is 370 g/mol. The summed E-state index contributed by atoms with van der Waals surface area (Å²) in [5, 5.41) is 0. The summed E-state index contributed by atoms with van der Waals surface area (Å²) < 4.78 is 31.4. The minimum Gasteiger partial charge on any atom is -0.497 e. The van der Waals surface area contributed by atoms with E-state index in [1.54, 1.807) is 36.1 Å². The van der Waals surface area contributed by atoms with Gasteiger partial charge in [0.25, 0.3) is 0 Å². The maximum atomic E-state index is 13.1. The Morgan fingerprint density at radius 3 is 2.44 bits per heavy atom. The molecule has 2 N–H and O–H groups in total. The lowest BCUT2D eigenvalue weighted by molar-refractivity contribution is -0.135. The van der Waals surface area contributed by atoms with E-state index >= 15 is 0 Å². The Balaban J connectivity index is 2.30. The fraction of sp³-hybridized carbons (Fsp3) is 0.556. The van der Waals surface area contributed by atoms with Gasteiger partial charge in [0.2, 0.25) is 21.8 Å². The third-order valence-corrected chi connectivity index (χ3v) is 6.01. The number of primary amides is 1. The fourth-order valence-corrected chi connectivity index (χ4v) is 4.58. The molecule has 0 aromatic heterocycles. The van der Waals surface area contributed by atoms with Crippen LogP contribution < -0.4 is 14.8 Å². The quantitative estimate of drug-likeness (QED) is 0.737. The van der Waals surface area contributed by atoms with Crippen molar-refractivity contribution >= 4 is 27.5 Å². The normalized spacial score (nSPS) is 16.6. The molecule has 1 unspecified atom stereocenters. The van der Waals surface area contributed by atoms with Gasteiger partial charge in [-0.15, -0.1) is 0 Å². The second kappa shape index (κ2) is 8.60. The summed E-state index contributed by atoms with van der Waals surface area (Å²) in [6.45, 7) is 2.55. The third-order valence-electron chi connectivity index (χ3n) is 4.83. The molecule has 9 heteroatoms. The number of sulfonamides is 1. The van der Waals surface area contributed by atoms with Gasteiger partial charge in [0, 0.05) is 25.1 Å². The topological polar surface area (TPSA) is 110 Å². The SMILES string of the molecule is CCC(C(=O)N1CCC(C(N)=O)CC1)N(c1cccc(OC)c1)S(C)(=O)=O. The van der Waals surface area contributed by atoms with Crippen molar-refractivity contribution in [3.05, 3.63) is 24.3 Å². The van der Waals surface area contributed by atoms with E-state index in [0.717, 1.165) is 10.6 Å². The van der Waals surface area contributed by atoms with Crippen LogP contribution in [0.15, 0.2) is 24.3 Å². The molecule has 0 aliphatic carbocycles. The minimum absolute atomic E-state index is 0.237. The number of piperidine rings is 1. The maximum Gasteiger partial charge on any atom is 0.246 e. The Hall–Kier alpha value is -2.29. The predicted octanol–water partition coefficient (Wildman–Crippen LogP) is 0.964. The summed E-state index contributed by atoms with van der Waals surface area (Å²) in [6.07, 6.45) is 2.39. The lowest BCUT2D eigenvalue weighted by Gasteiger charge is -2.37. The molecule has 8 nitrogen and oxygen atoms in total. The highest BCUT2D eigenvalue weighted by Gasteiger charge is 2.36. The predicted molar refractivity (Wildman–Crippen MR) is 103 cm³/mol. The maximum absolute atomic E-state index is 13.1. The van der Waals surface area contributed by atoms with Gasteiger partial charge in [-0.3, -0.25) is 13.9 Å². The smallest absolute Gasteiger partial charge is 0.246 e. The first-order valence-electron chi connectivity index (χ1n) is 8.90. The number of amides is 2. The van der Waals surface area contributed by atoms with Crippen molar-refractivity contribution in [3.63, 3.8) is 0 Å². The van der Waals surface area contributed by atoms with E-state index in [9.17, 15) is 18.0 Å². The molecule has 1 aliphatic rings. The second-order valence-electron chi connectivity index (χ2n) is 6.69. The third kappa shape index (κ3) is 4.91. The van der Waals surface area contributed by atoms with E-state index in [0.29, 0.717) is 43.8 Å². The number of ether oxygens (including phenoxy) is 1. The van der Waals surface area contributed by atoms with Crippen LogP contribution in [0.4, 0.5) is 5.69 Å². The van der Waals surface area contributed by atoms with E-state index in [1.165, 1.54) is 7.11 Å². The molecule has 1 saturated heterocycles. The average molecular weight is 397 g/mol. The molecular formula is C18H27N3O5S. The number of nitrogens with two attached hydrogens (primary N) is 1. The number of carbonyl (C=O) groups is 2. The van der Waals surface area contributed by atoms with Crippen molar-refractivity contribution in [1.82, 2.24) is 4.90 Å². The highest BCUT2D eigenvalue weighted by atomic mass is 32.2. The number of hydrogen-bond donors (Lipinski definition) is 1. The number of likely N-dealkylation sites (tertiary alicyclic amines) is 1. The molecule has 0 radical (unpaired) electrons. The number of nitrogens with zero attached hydrogens (tertiary/aromatic N) is 2. The number of carbonyl (C=O) groups excluding carboxylic acids is 2. The molecule has 27 heavy (non-hydrogen) atoms. The second-order valence-corrected chi connectivity index (χ2v) is 8.55. The molecule has 1 aromatic carbocycles. The van der Waals surface area contributed by atoms with E-state index in [2.05, 4.69) is 0 Å². The van der Waals surface area contributed by atoms with Gasteiger partial charge in [-0.1, -0.05) is 13.0 Å². The van der Waals surface area contributed by atoms with Gasteiger partial charge in [0.1, 0.15) is 11.8 Å². The first-order valence-corrected chi connectivity index (χ1v) is 10.8. The van der Waals surface area contributed by atoms with Crippen LogP contribution in [-0.4, -0.2) is 57.6 Å². The molecule has 2 rings (SSSR count). The summed E-state index contributed by atoms with van der Waals surface area (Å²) >= 11 is 0. The minimum atomic E-state index is -3.71. The molecule has 0 bridgehead atoms. The van der Waals surface area contributed by atoms with Crippen LogP contribution >= 0.6 is 0 Å². The van der Waals surface area contributed by atoms with Crippen molar-refractivity contribution in [3.8, 4) is 5.75 Å². The van der Waals surface area contributed by atoms with Gasteiger partial charge < -0.3 is 15.4 Å². The zero-order chi connectivity index (χ0) is 20.2. The van der Waals surface area contributed by atoms with Gasteiger partial charge in [0.05, 0.1) is 19.1 Å². The van der Waals surface area contributed by atoms with Crippen LogP contribution in [0, 0.1) is 5.92 Å². The molecule has 1 fully saturated rings. The van der Waals surface area contributed by atoms with Crippen LogP contribution in [0.3, 0.4) is 0 Å². The Kier molecular flexibility index (Phi) is 6.69. The molecule has 150 valence electrons. The van der Waals surface area contributed by atoms with E-state index in [4.69, 9.17) is 10.5 Å². The van der Waals surface area contributed by atoms with Crippen molar-refractivity contribution in [1.29, 1.82) is 0 Å². The van der Waals surface area contributed by atoms with Gasteiger partial charge in [0.15, 0.2) is 0 Å². The summed E-state index contributed by atoms with van der Waals surface area (Å²) in [7, 11) is -2.21. The van der Waals surface area contributed by atoms with Crippen molar-refractivity contribution in [2.75, 3.05) is 30.8 Å². The van der Waals surface area contributed by atoms with Crippen molar-refractivity contribution < 1.29 is 22.7 Å². The number of anilines is 1. The first-order chi connectivity index (χ1) is 12.7. The van der Waals surface area contributed by atoms with Gasteiger partial charge in [-0.25, -0.2) is 8.42 Å². The molecule has 2 amide bonds. The Morgan fingerprint density at radius 1 is 1.33 bits per heavy atom. The van der Waals surface area contributed by atoms with Crippen LogP contribution in [0.5, 0.6) is 5.75 Å². The van der Waals surface area contributed by atoms with Gasteiger partial charge in [-0.05, 0) is 31.4 Å². The van der Waals surface area contributed by atoms with Crippen LogP contribution in [0.25, 0.3) is 0 Å². The Bertz CT molecular complexity index is 788. The largest absolute Gasteiger partial charge is 0.497 e. The summed E-state index contributed by atoms with van der Waals surface area (Å²) in [6, 6.07) is 5.76. The average Bonchev–Trinajstić information content (AvgIpc) is 2.64. The zero-order valence-electron chi connectivity index (χ0n) is 15.9. The lowest BCUT2D eigenvalue weighted by Crippen LogP contribution is -2.53. The number of methoxy groups -OCH3 is 1. The summed E-state index contributed by atoms with van der Waals surface area (Å²) in [4.78, 5) is 26.0. The van der Waals surface area contributed by atoms with E-state index in [1.807, 2.05) is 0 Å². The van der Waals surface area contributed by atoms with E-state index < -0.39 is 16.1 Å². The summed E-state index contributed by atoms with van der Waals surface area (Å²) in [5.74, 6) is -0.360. The Morgan fingerprint density at radius 2 is 1.96 bits per heavy atom. The van der Waals surface area contributed by atoms with Crippen LogP contribution in [0.1, 0.15) is 26.2 Å².